The molecule has 1 unspecified atom stereocenters. The highest BCUT2D eigenvalue weighted by molar-refractivity contribution is 8.02. The molecule has 1 amide bonds. The second-order valence-corrected chi connectivity index (χ2v) is 11.9. The van der Waals surface area contributed by atoms with E-state index in [1.54, 1.807) is 0 Å². The summed E-state index contributed by atoms with van der Waals surface area (Å²) in [5.41, 5.74) is 3.18. The van der Waals surface area contributed by atoms with Gasteiger partial charge in [0.15, 0.2) is 9.84 Å². The summed E-state index contributed by atoms with van der Waals surface area (Å²) in [7, 11) is -2.91. The summed E-state index contributed by atoms with van der Waals surface area (Å²) in [6.07, 6.45) is 5.34. The number of amides is 1. The van der Waals surface area contributed by atoms with Crippen LogP contribution in [0.2, 0.25) is 0 Å². The molecule has 0 radical (unpaired) electrons. The topological polar surface area (TPSA) is 82.6 Å². The minimum Gasteiger partial charge on any atom is -0.367 e. The van der Waals surface area contributed by atoms with Crippen LogP contribution < -0.4 is 10.2 Å². The minimum absolute atomic E-state index is 0.0289. The van der Waals surface area contributed by atoms with Gasteiger partial charge in [0, 0.05) is 50.4 Å². The van der Waals surface area contributed by atoms with Crippen molar-refractivity contribution in [1.82, 2.24) is 9.88 Å². The standard InChI is InChI=1S/C23H30N4O3S2/c28-23(17-31-20-8-16-32(29,30)18-20)25-21-3-1-2-4-22(21)27-14-12-26(13-15-27)11-7-19-5-9-24-10-6-19/h1-6,9-10,20H,7-8,11-18H2,(H,25,28). The third-order valence-electron chi connectivity index (χ3n) is 6.00. The molecule has 2 aliphatic heterocycles. The molecule has 1 aromatic carbocycles. The molecular formula is C23H30N4O3S2. The van der Waals surface area contributed by atoms with Crippen molar-refractivity contribution in [3.05, 3.63) is 54.4 Å². The largest absolute Gasteiger partial charge is 0.367 e. The molecule has 0 aliphatic carbocycles. The number of hydrogen-bond acceptors (Lipinski definition) is 7. The number of thioether (sulfide) groups is 1. The van der Waals surface area contributed by atoms with Gasteiger partial charge in [-0.25, -0.2) is 8.42 Å². The van der Waals surface area contributed by atoms with Gasteiger partial charge < -0.3 is 10.2 Å². The monoisotopic (exact) mass is 474 g/mol. The first-order valence-electron chi connectivity index (χ1n) is 11.1. The van der Waals surface area contributed by atoms with E-state index in [1.807, 2.05) is 30.6 Å². The highest BCUT2D eigenvalue weighted by Crippen LogP contribution is 2.28. The van der Waals surface area contributed by atoms with E-state index in [0.29, 0.717) is 6.42 Å². The first-order valence-corrected chi connectivity index (χ1v) is 13.9. The Morgan fingerprint density at radius 2 is 1.84 bits per heavy atom. The molecule has 2 aliphatic rings. The Morgan fingerprint density at radius 1 is 1.09 bits per heavy atom. The molecule has 4 rings (SSSR count). The molecule has 0 bridgehead atoms. The van der Waals surface area contributed by atoms with Crippen molar-refractivity contribution >= 4 is 38.9 Å². The number of para-hydroxylation sites is 2. The Labute approximate surface area is 194 Å². The maximum Gasteiger partial charge on any atom is 0.234 e. The van der Waals surface area contributed by atoms with Crippen LogP contribution in [0.25, 0.3) is 0 Å². The SMILES string of the molecule is O=C(CSC1CCS(=O)(=O)C1)Nc1ccccc1N1CCN(CCc2ccncc2)CC1. The number of pyridine rings is 1. The number of anilines is 2. The van der Waals surface area contributed by atoms with Crippen molar-refractivity contribution in [1.29, 1.82) is 0 Å². The average Bonchev–Trinajstić information content (AvgIpc) is 3.16. The fraction of sp³-hybridized carbons (Fsp3) is 0.478. The molecule has 7 nitrogen and oxygen atoms in total. The van der Waals surface area contributed by atoms with E-state index < -0.39 is 9.84 Å². The predicted octanol–water partition coefficient (Wildman–Crippen LogP) is 2.31. The maximum absolute atomic E-state index is 12.5. The summed E-state index contributed by atoms with van der Waals surface area (Å²) in [6.45, 7) is 4.83. The Bertz CT molecular complexity index is 1010. The fourth-order valence-corrected chi connectivity index (χ4v) is 7.62. The molecule has 1 aromatic heterocycles. The Hall–Kier alpha value is -2.10. The minimum atomic E-state index is -2.91. The van der Waals surface area contributed by atoms with Crippen molar-refractivity contribution in [3.8, 4) is 0 Å². The summed E-state index contributed by atoms with van der Waals surface area (Å²) >= 11 is 1.44. The summed E-state index contributed by atoms with van der Waals surface area (Å²) in [5.74, 6) is 0.622. The van der Waals surface area contributed by atoms with Crippen LogP contribution in [-0.2, 0) is 21.1 Å². The Balaban J connectivity index is 1.26. The lowest BCUT2D eigenvalue weighted by Crippen LogP contribution is -2.47. The quantitative estimate of drug-likeness (QED) is 0.629. The maximum atomic E-state index is 12.5. The van der Waals surface area contributed by atoms with Crippen LogP contribution >= 0.6 is 11.8 Å². The van der Waals surface area contributed by atoms with Crippen LogP contribution in [0.3, 0.4) is 0 Å². The van der Waals surface area contributed by atoms with Gasteiger partial charge in [0.05, 0.1) is 28.6 Å². The number of nitrogens with zero attached hydrogens (tertiary/aromatic N) is 3. The van der Waals surface area contributed by atoms with Gasteiger partial charge in [-0.15, -0.1) is 11.8 Å². The van der Waals surface area contributed by atoms with Gasteiger partial charge in [-0.2, -0.15) is 0 Å². The number of hydrogen-bond donors (Lipinski definition) is 1. The van der Waals surface area contributed by atoms with Crippen molar-refractivity contribution < 1.29 is 13.2 Å². The number of nitrogens with one attached hydrogen (secondary N) is 1. The van der Waals surface area contributed by atoms with Crippen molar-refractivity contribution in [2.45, 2.75) is 18.1 Å². The molecule has 2 fully saturated rings. The van der Waals surface area contributed by atoms with Gasteiger partial charge in [0.1, 0.15) is 0 Å². The van der Waals surface area contributed by atoms with Gasteiger partial charge >= 0.3 is 0 Å². The van der Waals surface area contributed by atoms with Gasteiger partial charge in [-0.05, 0) is 42.7 Å². The van der Waals surface area contributed by atoms with Crippen LogP contribution in [0.4, 0.5) is 11.4 Å². The average molecular weight is 475 g/mol. The lowest BCUT2D eigenvalue weighted by molar-refractivity contribution is -0.113. The number of piperazine rings is 1. The predicted molar refractivity (Wildman–Crippen MR) is 131 cm³/mol. The lowest BCUT2D eigenvalue weighted by atomic mass is 10.1. The number of benzene rings is 1. The molecule has 1 N–H and O–H groups in total. The highest BCUT2D eigenvalue weighted by Gasteiger charge is 2.28. The van der Waals surface area contributed by atoms with Gasteiger partial charge in [0.2, 0.25) is 5.91 Å². The van der Waals surface area contributed by atoms with Gasteiger partial charge in [-0.1, -0.05) is 12.1 Å². The van der Waals surface area contributed by atoms with Crippen LogP contribution in [0.1, 0.15) is 12.0 Å². The van der Waals surface area contributed by atoms with Crippen molar-refractivity contribution in [3.63, 3.8) is 0 Å². The molecule has 2 aromatic rings. The number of aromatic nitrogens is 1. The van der Waals surface area contributed by atoms with E-state index in [9.17, 15) is 13.2 Å². The normalized spacial score (nSPS) is 20.9. The molecule has 0 spiro atoms. The second-order valence-electron chi connectivity index (χ2n) is 8.34. The third kappa shape index (κ3) is 6.46. The third-order valence-corrected chi connectivity index (χ3v) is 9.28. The summed E-state index contributed by atoms with van der Waals surface area (Å²) < 4.78 is 23.2. The summed E-state index contributed by atoms with van der Waals surface area (Å²) in [6, 6.07) is 12.1. The number of carbonyl (C=O) groups is 1. The van der Waals surface area contributed by atoms with Crippen LogP contribution in [-0.4, -0.2) is 79.4 Å². The van der Waals surface area contributed by atoms with Gasteiger partial charge in [0.25, 0.3) is 0 Å². The number of rotatable bonds is 8. The fourth-order valence-electron chi connectivity index (χ4n) is 4.18. The van der Waals surface area contributed by atoms with Crippen LogP contribution in [0, 0.1) is 0 Å². The first kappa shape index (κ1) is 23.1. The van der Waals surface area contributed by atoms with Crippen LogP contribution in [0.5, 0.6) is 0 Å². The zero-order valence-corrected chi connectivity index (χ0v) is 19.8. The van der Waals surface area contributed by atoms with Crippen molar-refractivity contribution in [2.24, 2.45) is 0 Å². The van der Waals surface area contributed by atoms with Crippen LogP contribution in [0.15, 0.2) is 48.8 Å². The van der Waals surface area contributed by atoms with E-state index in [-0.39, 0.29) is 28.4 Å². The number of sulfone groups is 1. The molecule has 32 heavy (non-hydrogen) atoms. The second kappa shape index (κ2) is 10.7. The van der Waals surface area contributed by atoms with E-state index >= 15 is 0 Å². The molecule has 3 heterocycles. The van der Waals surface area contributed by atoms with E-state index in [1.165, 1.54) is 17.3 Å². The van der Waals surface area contributed by atoms with Gasteiger partial charge in [-0.3, -0.25) is 14.7 Å². The molecule has 9 heteroatoms. The smallest absolute Gasteiger partial charge is 0.234 e. The molecule has 172 valence electrons. The van der Waals surface area contributed by atoms with E-state index in [0.717, 1.165) is 50.5 Å². The zero-order chi connectivity index (χ0) is 22.4. The Morgan fingerprint density at radius 3 is 2.56 bits per heavy atom. The molecule has 1 atom stereocenters. The number of carbonyl (C=O) groups excluding carboxylic acids is 1. The molecule has 0 saturated carbocycles. The Kier molecular flexibility index (Phi) is 7.70. The lowest BCUT2D eigenvalue weighted by Gasteiger charge is -2.37. The molecule has 2 saturated heterocycles. The van der Waals surface area contributed by atoms with Crippen molar-refractivity contribution in [2.75, 3.05) is 60.2 Å². The zero-order valence-electron chi connectivity index (χ0n) is 18.2. The molecular weight excluding hydrogens is 444 g/mol. The van der Waals surface area contributed by atoms with E-state index in [2.05, 4.69) is 38.3 Å². The highest BCUT2D eigenvalue weighted by atomic mass is 32.2. The first-order chi connectivity index (χ1) is 15.5. The summed E-state index contributed by atoms with van der Waals surface area (Å²) in [4.78, 5) is 21.4. The summed E-state index contributed by atoms with van der Waals surface area (Å²) in [5, 5.41) is 3.07. The van der Waals surface area contributed by atoms with E-state index in [4.69, 9.17) is 0 Å².